The van der Waals surface area contributed by atoms with Crippen LogP contribution in [0.3, 0.4) is 0 Å². The Morgan fingerprint density at radius 3 is 2.18 bits per heavy atom. The minimum absolute atomic E-state index is 0.0344. The molecule has 2 aromatic rings. The predicted octanol–water partition coefficient (Wildman–Crippen LogP) is 2.84. The zero-order valence-electron chi connectivity index (χ0n) is 20.5. The third-order valence-corrected chi connectivity index (χ3v) is 6.83. The highest BCUT2D eigenvalue weighted by atomic mass is 32.2. The summed E-state index contributed by atoms with van der Waals surface area (Å²) in [6, 6.07) is 15.3. The molecule has 0 fully saturated rings. The van der Waals surface area contributed by atoms with Gasteiger partial charge >= 0.3 is 0 Å². The molecule has 2 aromatic carbocycles. The van der Waals surface area contributed by atoms with Crippen molar-refractivity contribution >= 4 is 27.5 Å². The number of methoxy groups -OCH3 is 1. The lowest BCUT2D eigenvalue weighted by atomic mass is 10.1. The first-order valence-electron chi connectivity index (χ1n) is 11.3. The Balaban J connectivity index is 2.29. The highest BCUT2D eigenvalue weighted by Crippen LogP contribution is 2.22. The van der Waals surface area contributed by atoms with Crippen LogP contribution < -0.4 is 14.4 Å². The number of nitrogens with zero attached hydrogens (tertiary/aromatic N) is 2. The molecule has 9 heteroatoms. The first kappa shape index (κ1) is 27.2. The van der Waals surface area contributed by atoms with Crippen LogP contribution in [0, 0.1) is 0 Å². The van der Waals surface area contributed by atoms with Gasteiger partial charge in [-0.05, 0) is 56.5 Å². The van der Waals surface area contributed by atoms with Gasteiger partial charge in [-0.1, -0.05) is 37.3 Å². The Kier molecular flexibility index (Phi) is 9.92. The topological polar surface area (TPSA) is 96.0 Å². The quantitative estimate of drug-likeness (QED) is 0.495. The summed E-state index contributed by atoms with van der Waals surface area (Å²) in [5.41, 5.74) is 1.36. The van der Waals surface area contributed by atoms with E-state index in [2.05, 4.69) is 5.32 Å². The van der Waals surface area contributed by atoms with Gasteiger partial charge in [0.25, 0.3) is 0 Å². The fourth-order valence-electron chi connectivity index (χ4n) is 3.40. The third kappa shape index (κ3) is 7.76. The maximum Gasteiger partial charge on any atom is 0.244 e. The van der Waals surface area contributed by atoms with Crippen molar-refractivity contribution in [1.82, 2.24) is 10.2 Å². The van der Waals surface area contributed by atoms with Crippen LogP contribution in [0.2, 0.25) is 0 Å². The van der Waals surface area contributed by atoms with Crippen LogP contribution in [0.4, 0.5) is 5.69 Å². The van der Waals surface area contributed by atoms with Crippen LogP contribution >= 0.6 is 0 Å². The summed E-state index contributed by atoms with van der Waals surface area (Å²) in [5.74, 6) is -0.154. The smallest absolute Gasteiger partial charge is 0.244 e. The van der Waals surface area contributed by atoms with Crippen molar-refractivity contribution in [3.63, 3.8) is 0 Å². The molecular formula is C25H35N3O5S. The zero-order valence-corrected chi connectivity index (χ0v) is 21.3. The second-order valence-electron chi connectivity index (χ2n) is 8.28. The van der Waals surface area contributed by atoms with E-state index in [0.29, 0.717) is 17.9 Å². The van der Waals surface area contributed by atoms with Crippen molar-refractivity contribution in [3.8, 4) is 5.75 Å². The molecule has 0 radical (unpaired) electrons. The summed E-state index contributed by atoms with van der Waals surface area (Å²) in [6.07, 6.45) is 2.35. The van der Waals surface area contributed by atoms with Crippen molar-refractivity contribution in [1.29, 1.82) is 0 Å². The molecule has 0 spiro atoms. The van der Waals surface area contributed by atoms with E-state index in [4.69, 9.17) is 4.74 Å². The van der Waals surface area contributed by atoms with E-state index >= 15 is 0 Å². The number of benzene rings is 2. The van der Waals surface area contributed by atoms with Crippen LogP contribution in [0.1, 0.15) is 32.8 Å². The van der Waals surface area contributed by atoms with Crippen LogP contribution in [0.25, 0.3) is 0 Å². The van der Waals surface area contributed by atoms with E-state index in [1.807, 2.05) is 44.2 Å². The molecule has 34 heavy (non-hydrogen) atoms. The summed E-state index contributed by atoms with van der Waals surface area (Å²) in [7, 11) is -2.24. The number of rotatable bonds is 12. The molecule has 0 saturated carbocycles. The Hall–Kier alpha value is -3.07. The minimum atomic E-state index is -3.76. The molecule has 0 aliphatic heterocycles. The van der Waals surface area contributed by atoms with E-state index in [1.165, 1.54) is 12.0 Å². The number of nitrogens with one attached hydrogen (secondary N) is 1. The lowest BCUT2D eigenvalue weighted by molar-refractivity contribution is -0.139. The van der Waals surface area contributed by atoms with Crippen LogP contribution in [-0.2, 0) is 26.0 Å². The van der Waals surface area contributed by atoms with Crippen molar-refractivity contribution < 1.29 is 22.7 Å². The summed E-state index contributed by atoms with van der Waals surface area (Å²) in [4.78, 5) is 27.7. The van der Waals surface area contributed by atoms with Gasteiger partial charge in [-0.15, -0.1) is 0 Å². The number of sulfonamides is 1. The van der Waals surface area contributed by atoms with Gasteiger partial charge in [-0.25, -0.2) is 8.42 Å². The zero-order chi connectivity index (χ0) is 25.3. The van der Waals surface area contributed by atoms with Gasteiger partial charge in [-0.2, -0.15) is 0 Å². The molecule has 0 aliphatic carbocycles. The lowest BCUT2D eigenvalue weighted by Gasteiger charge is -2.32. The van der Waals surface area contributed by atoms with Gasteiger partial charge in [0, 0.05) is 12.6 Å². The fraction of sp³-hybridized carbons (Fsp3) is 0.440. The van der Waals surface area contributed by atoms with Gasteiger partial charge in [-0.3, -0.25) is 13.9 Å². The second kappa shape index (κ2) is 12.4. The molecule has 1 N–H and O–H groups in total. The molecule has 2 atom stereocenters. The molecule has 0 bridgehead atoms. The molecule has 0 aliphatic rings. The van der Waals surface area contributed by atoms with Crippen molar-refractivity contribution in [2.75, 3.05) is 30.8 Å². The van der Waals surface area contributed by atoms with E-state index < -0.39 is 28.5 Å². The number of anilines is 1. The first-order chi connectivity index (χ1) is 16.1. The molecule has 8 nitrogen and oxygen atoms in total. The molecule has 0 unspecified atom stereocenters. The average Bonchev–Trinajstić information content (AvgIpc) is 2.82. The number of carbonyl (C=O) groups excluding carboxylic acids is 2. The highest BCUT2D eigenvalue weighted by Gasteiger charge is 2.30. The van der Waals surface area contributed by atoms with Gasteiger partial charge < -0.3 is 15.0 Å². The third-order valence-electron chi connectivity index (χ3n) is 5.69. The highest BCUT2D eigenvalue weighted by molar-refractivity contribution is 7.92. The Labute approximate surface area is 202 Å². The average molecular weight is 490 g/mol. The van der Waals surface area contributed by atoms with Gasteiger partial charge in [0.05, 0.1) is 19.1 Å². The second-order valence-corrected chi connectivity index (χ2v) is 10.2. The minimum Gasteiger partial charge on any atom is -0.497 e. The number of amides is 2. The van der Waals surface area contributed by atoms with Gasteiger partial charge in [0.15, 0.2) is 0 Å². The number of carbonyl (C=O) groups is 2. The standard InChI is InChI=1S/C25H35N3O5S/c1-6-19(2)26-25(30)20(3)27(17-16-21-10-8-7-9-11-21)24(29)18-28(34(5,31)32)22-12-14-23(33-4)15-13-22/h7-15,19-20H,6,16-18H2,1-5H3,(H,26,30)/t19-,20-/m0/s1. The summed E-state index contributed by atoms with van der Waals surface area (Å²) >= 11 is 0. The van der Waals surface area contributed by atoms with E-state index in [1.54, 1.807) is 31.2 Å². The normalized spacial score (nSPS) is 13.0. The molecule has 186 valence electrons. The number of hydrogen-bond donors (Lipinski definition) is 1. The van der Waals surface area contributed by atoms with Crippen LogP contribution in [0.5, 0.6) is 5.75 Å². The molecule has 0 heterocycles. The number of hydrogen-bond acceptors (Lipinski definition) is 5. The Morgan fingerprint density at radius 2 is 1.65 bits per heavy atom. The first-order valence-corrected chi connectivity index (χ1v) is 13.2. The van der Waals surface area contributed by atoms with Gasteiger partial charge in [0.1, 0.15) is 18.3 Å². The Morgan fingerprint density at radius 1 is 1.03 bits per heavy atom. The maximum absolute atomic E-state index is 13.4. The van der Waals surface area contributed by atoms with E-state index in [0.717, 1.165) is 22.5 Å². The van der Waals surface area contributed by atoms with Crippen molar-refractivity contribution in [3.05, 3.63) is 60.2 Å². The molecule has 0 aromatic heterocycles. The Bertz CT molecular complexity index is 1040. The molecule has 0 saturated heterocycles. The predicted molar refractivity (Wildman–Crippen MR) is 134 cm³/mol. The molecular weight excluding hydrogens is 454 g/mol. The summed E-state index contributed by atoms with van der Waals surface area (Å²) in [5, 5.41) is 2.91. The fourth-order valence-corrected chi connectivity index (χ4v) is 4.25. The van der Waals surface area contributed by atoms with E-state index in [9.17, 15) is 18.0 Å². The molecule has 2 rings (SSSR count). The monoisotopic (exact) mass is 489 g/mol. The summed E-state index contributed by atoms with van der Waals surface area (Å²) < 4.78 is 31.3. The number of ether oxygens (including phenoxy) is 1. The lowest BCUT2D eigenvalue weighted by Crippen LogP contribution is -2.53. The molecule has 2 amide bonds. The van der Waals surface area contributed by atoms with Crippen LogP contribution in [-0.4, -0.2) is 63.7 Å². The SMILES string of the molecule is CC[C@H](C)NC(=O)[C@H](C)N(CCc1ccccc1)C(=O)CN(c1ccc(OC)cc1)S(C)(=O)=O. The largest absolute Gasteiger partial charge is 0.497 e. The van der Waals surface area contributed by atoms with Crippen LogP contribution in [0.15, 0.2) is 54.6 Å². The van der Waals surface area contributed by atoms with E-state index in [-0.39, 0.29) is 18.5 Å². The van der Waals surface area contributed by atoms with Crippen molar-refractivity contribution in [2.24, 2.45) is 0 Å². The van der Waals surface area contributed by atoms with Gasteiger partial charge in [0.2, 0.25) is 21.8 Å². The summed E-state index contributed by atoms with van der Waals surface area (Å²) in [6.45, 7) is 5.39. The van der Waals surface area contributed by atoms with Crippen molar-refractivity contribution in [2.45, 2.75) is 45.7 Å². The maximum atomic E-state index is 13.4.